The second-order valence-corrected chi connectivity index (χ2v) is 5.50. The molecule has 0 radical (unpaired) electrons. The highest BCUT2D eigenvalue weighted by Crippen LogP contribution is 2.05. The summed E-state index contributed by atoms with van der Waals surface area (Å²) in [5.74, 6) is 0.0384. The van der Waals surface area contributed by atoms with Crippen LogP contribution in [0.4, 0.5) is 0 Å². The minimum absolute atomic E-state index is 0.0397. The topological polar surface area (TPSA) is 104 Å². The van der Waals surface area contributed by atoms with Gasteiger partial charge in [0.05, 0.1) is 0 Å². The van der Waals surface area contributed by atoms with Gasteiger partial charge in [0.15, 0.2) is 5.84 Å². The predicted octanol–water partition coefficient (Wildman–Crippen LogP) is 0.492. The van der Waals surface area contributed by atoms with Crippen molar-refractivity contribution in [3.63, 3.8) is 0 Å². The zero-order valence-electron chi connectivity index (χ0n) is 12.9. The van der Waals surface area contributed by atoms with Crippen molar-refractivity contribution in [2.24, 2.45) is 16.8 Å². The lowest BCUT2D eigenvalue weighted by Gasteiger charge is -2.25. The molecule has 7 heteroatoms. The van der Waals surface area contributed by atoms with E-state index in [2.05, 4.69) is 29.3 Å². The first-order chi connectivity index (χ1) is 9.85. The van der Waals surface area contributed by atoms with E-state index >= 15 is 0 Å². The average Bonchev–Trinajstić information content (AvgIpc) is 2.45. The summed E-state index contributed by atoms with van der Waals surface area (Å²) in [5.41, 5.74) is 6.21. The van der Waals surface area contributed by atoms with Crippen LogP contribution in [-0.4, -0.2) is 53.5 Å². The van der Waals surface area contributed by atoms with Crippen LogP contribution in [0.25, 0.3) is 0 Å². The zero-order chi connectivity index (χ0) is 16.0. The molecule has 0 aliphatic carbocycles. The van der Waals surface area contributed by atoms with E-state index < -0.39 is 0 Å². The summed E-state index contributed by atoms with van der Waals surface area (Å²) in [5, 5.41) is 14.4. The summed E-state index contributed by atoms with van der Waals surface area (Å²) in [6, 6.07) is 3.18. The van der Waals surface area contributed by atoms with Crippen molar-refractivity contribution < 1.29 is 10.0 Å². The van der Waals surface area contributed by atoms with Crippen LogP contribution in [-0.2, 0) is 0 Å². The van der Waals surface area contributed by atoms with Crippen LogP contribution < -0.4 is 11.1 Å². The monoisotopic (exact) mass is 293 g/mol. The van der Waals surface area contributed by atoms with Crippen LogP contribution in [0.15, 0.2) is 23.5 Å². The molecule has 0 saturated heterocycles. The van der Waals surface area contributed by atoms with Gasteiger partial charge in [-0.05, 0) is 32.1 Å². The van der Waals surface area contributed by atoms with Gasteiger partial charge in [-0.3, -0.25) is 9.78 Å². The molecule has 1 unspecified atom stereocenters. The van der Waals surface area contributed by atoms with Crippen LogP contribution in [0.2, 0.25) is 0 Å². The van der Waals surface area contributed by atoms with Gasteiger partial charge in [0.25, 0.3) is 5.91 Å². The number of aromatic nitrogens is 1. The van der Waals surface area contributed by atoms with Gasteiger partial charge in [-0.25, -0.2) is 0 Å². The molecule has 4 N–H and O–H groups in total. The lowest BCUT2D eigenvalue weighted by atomic mass is 10.0. The lowest BCUT2D eigenvalue weighted by Crippen LogP contribution is -2.45. The molecule has 0 aromatic carbocycles. The van der Waals surface area contributed by atoms with Crippen LogP contribution in [0.5, 0.6) is 0 Å². The van der Waals surface area contributed by atoms with Gasteiger partial charge in [0.2, 0.25) is 0 Å². The number of oxime groups is 1. The van der Waals surface area contributed by atoms with Gasteiger partial charge >= 0.3 is 0 Å². The molecule has 1 rings (SSSR count). The number of amides is 1. The molecule has 0 fully saturated rings. The second kappa shape index (κ2) is 7.58. The molecule has 0 aliphatic heterocycles. The van der Waals surface area contributed by atoms with Crippen molar-refractivity contribution in [3.05, 3.63) is 29.6 Å². The standard InChI is InChI=1S/C14H23N5O2/c1-9(2)12(8-19(3)4)17-14(20)11-6-5-10(7-16-11)13(15)18-21/h5-7,9,12,21H,8H2,1-4H3,(H2,15,18)(H,17,20). The number of likely N-dealkylation sites (N-methyl/N-ethyl adjacent to an activating group) is 1. The third-order valence-corrected chi connectivity index (χ3v) is 3.08. The fourth-order valence-corrected chi connectivity index (χ4v) is 1.80. The van der Waals surface area contributed by atoms with Gasteiger partial charge in [0, 0.05) is 24.3 Å². The van der Waals surface area contributed by atoms with Gasteiger partial charge < -0.3 is 21.2 Å². The van der Waals surface area contributed by atoms with E-state index in [1.165, 1.54) is 6.20 Å². The Hall–Kier alpha value is -2.15. The summed E-state index contributed by atoms with van der Waals surface area (Å²) < 4.78 is 0. The quantitative estimate of drug-likeness (QED) is 0.306. The highest BCUT2D eigenvalue weighted by molar-refractivity contribution is 5.98. The zero-order valence-corrected chi connectivity index (χ0v) is 12.9. The fraction of sp³-hybridized carbons (Fsp3) is 0.500. The first kappa shape index (κ1) is 16.9. The van der Waals surface area contributed by atoms with Gasteiger partial charge in [0.1, 0.15) is 5.69 Å². The van der Waals surface area contributed by atoms with Crippen molar-refractivity contribution in [2.45, 2.75) is 19.9 Å². The highest BCUT2D eigenvalue weighted by Gasteiger charge is 2.18. The molecule has 116 valence electrons. The van der Waals surface area contributed by atoms with E-state index in [-0.39, 0.29) is 17.8 Å². The highest BCUT2D eigenvalue weighted by atomic mass is 16.4. The largest absolute Gasteiger partial charge is 0.409 e. The Morgan fingerprint density at radius 3 is 2.57 bits per heavy atom. The predicted molar refractivity (Wildman–Crippen MR) is 81.4 cm³/mol. The molecule has 7 nitrogen and oxygen atoms in total. The molecule has 1 aromatic heterocycles. The summed E-state index contributed by atoms with van der Waals surface area (Å²) in [7, 11) is 3.93. The van der Waals surface area contributed by atoms with Gasteiger partial charge in [-0.1, -0.05) is 19.0 Å². The maximum Gasteiger partial charge on any atom is 0.270 e. The van der Waals surface area contributed by atoms with Crippen molar-refractivity contribution in [1.29, 1.82) is 0 Å². The molecular weight excluding hydrogens is 270 g/mol. The Labute approximate surface area is 124 Å². The third kappa shape index (κ3) is 5.03. The number of carbonyl (C=O) groups excluding carboxylic acids is 1. The Balaban J connectivity index is 2.78. The van der Waals surface area contributed by atoms with E-state index in [1.807, 2.05) is 19.0 Å². The van der Waals surface area contributed by atoms with Crippen LogP contribution >= 0.6 is 0 Å². The van der Waals surface area contributed by atoms with E-state index in [0.717, 1.165) is 6.54 Å². The first-order valence-corrected chi connectivity index (χ1v) is 6.74. The van der Waals surface area contributed by atoms with Gasteiger partial charge in [-0.15, -0.1) is 0 Å². The van der Waals surface area contributed by atoms with Crippen LogP contribution in [0, 0.1) is 5.92 Å². The van der Waals surface area contributed by atoms with Gasteiger partial charge in [-0.2, -0.15) is 0 Å². The van der Waals surface area contributed by atoms with Crippen LogP contribution in [0.1, 0.15) is 29.9 Å². The number of amidine groups is 1. The SMILES string of the molecule is CC(C)C(CN(C)C)NC(=O)c1ccc(C(N)=NO)cn1. The summed E-state index contributed by atoms with van der Waals surface area (Å²) in [4.78, 5) is 18.3. The second-order valence-electron chi connectivity index (χ2n) is 5.50. The molecule has 1 heterocycles. The Morgan fingerprint density at radius 2 is 2.14 bits per heavy atom. The molecule has 0 bridgehead atoms. The van der Waals surface area contributed by atoms with E-state index in [1.54, 1.807) is 12.1 Å². The molecule has 0 saturated carbocycles. The molecule has 1 aromatic rings. The normalized spacial score (nSPS) is 13.5. The number of hydrogen-bond acceptors (Lipinski definition) is 5. The smallest absolute Gasteiger partial charge is 0.270 e. The van der Waals surface area contributed by atoms with Crippen molar-refractivity contribution in [3.8, 4) is 0 Å². The molecule has 21 heavy (non-hydrogen) atoms. The molecule has 0 aliphatic rings. The average molecular weight is 293 g/mol. The van der Waals surface area contributed by atoms with E-state index in [9.17, 15) is 4.79 Å². The molecule has 0 spiro atoms. The lowest BCUT2D eigenvalue weighted by molar-refractivity contribution is 0.0911. The number of pyridine rings is 1. The Morgan fingerprint density at radius 1 is 1.48 bits per heavy atom. The number of nitrogens with two attached hydrogens (primary N) is 1. The van der Waals surface area contributed by atoms with Crippen molar-refractivity contribution in [2.75, 3.05) is 20.6 Å². The number of nitrogens with one attached hydrogen (secondary N) is 1. The summed E-state index contributed by atoms with van der Waals surface area (Å²) in [6.45, 7) is 4.87. The number of hydrogen-bond donors (Lipinski definition) is 3. The third-order valence-electron chi connectivity index (χ3n) is 3.08. The minimum Gasteiger partial charge on any atom is -0.409 e. The van der Waals surface area contributed by atoms with E-state index in [4.69, 9.17) is 10.9 Å². The molecule has 1 atom stereocenters. The maximum absolute atomic E-state index is 12.2. The van der Waals surface area contributed by atoms with Crippen LogP contribution in [0.3, 0.4) is 0 Å². The number of carbonyl (C=O) groups is 1. The number of nitrogens with zero attached hydrogens (tertiary/aromatic N) is 3. The summed E-state index contributed by atoms with van der Waals surface area (Å²) in [6.07, 6.45) is 1.40. The molecule has 1 amide bonds. The van der Waals surface area contributed by atoms with Crippen molar-refractivity contribution in [1.82, 2.24) is 15.2 Å². The fourth-order valence-electron chi connectivity index (χ4n) is 1.80. The number of rotatable bonds is 6. The molecular formula is C14H23N5O2. The maximum atomic E-state index is 12.2. The first-order valence-electron chi connectivity index (χ1n) is 6.74. The Bertz CT molecular complexity index is 497. The Kier molecular flexibility index (Phi) is 6.10. The van der Waals surface area contributed by atoms with Crippen molar-refractivity contribution >= 4 is 11.7 Å². The minimum atomic E-state index is -0.235. The summed E-state index contributed by atoms with van der Waals surface area (Å²) >= 11 is 0. The van der Waals surface area contributed by atoms with E-state index in [0.29, 0.717) is 17.2 Å².